The molecule has 0 radical (unpaired) electrons. The summed E-state index contributed by atoms with van der Waals surface area (Å²) >= 11 is 0. The van der Waals surface area contributed by atoms with Crippen molar-refractivity contribution < 1.29 is 23.5 Å². The monoisotopic (exact) mass is 435 g/mol. The molecular formula is C24H19F2N3O3. The van der Waals surface area contributed by atoms with E-state index in [-0.39, 0.29) is 23.4 Å². The molecule has 8 heteroatoms. The van der Waals surface area contributed by atoms with Crippen LogP contribution in [0.3, 0.4) is 0 Å². The third kappa shape index (κ3) is 4.20. The summed E-state index contributed by atoms with van der Waals surface area (Å²) in [6, 6.07) is 15.3. The number of aromatic nitrogens is 2. The number of benzene rings is 2. The Morgan fingerprint density at radius 1 is 1.06 bits per heavy atom. The SMILES string of the molecule is CC(c1cc(F)ccc1F)N(Cc1cccc(C(=O)O)c1)C(=O)c1cc2ccccn2n1. The van der Waals surface area contributed by atoms with E-state index >= 15 is 0 Å². The first-order chi connectivity index (χ1) is 15.3. The predicted molar refractivity (Wildman–Crippen MR) is 113 cm³/mol. The summed E-state index contributed by atoms with van der Waals surface area (Å²) < 4.78 is 29.9. The topological polar surface area (TPSA) is 74.9 Å². The first kappa shape index (κ1) is 21.2. The second kappa shape index (κ2) is 8.58. The number of fused-ring (bicyclic) bond motifs is 1. The zero-order valence-electron chi connectivity index (χ0n) is 17.1. The molecule has 6 nitrogen and oxygen atoms in total. The summed E-state index contributed by atoms with van der Waals surface area (Å²) in [7, 11) is 0. The Morgan fingerprint density at radius 2 is 1.88 bits per heavy atom. The molecule has 0 aliphatic heterocycles. The third-order valence-electron chi connectivity index (χ3n) is 5.25. The smallest absolute Gasteiger partial charge is 0.335 e. The molecule has 0 aliphatic rings. The Hall–Kier alpha value is -4.07. The lowest BCUT2D eigenvalue weighted by Crippen LogP contribution is -2.34. The van der Waals surface area contributed by atoms with Gasteiger partial charge >= 0.3 is 5.97 Å². The standard InChI is InChI=1S/C24H19F2N3O3/c1-15(20-12-18(25)8-9-21(20)26)28(14-16-5-4-6-17(11-16)24(31)32)23(30)22-13-19-7-2-3-10-29(19)27-22/h2-13,15H,14H2,1H3,(H,31,32). The Kier molecular flexibility index (Phi) is 5.68. The fourth-order valence-corrected chi connectivity index (χ4v) is 3.58. The van der Waals surface area contributed by atoms with Gasteiger partial charge in [-0.3, -0.25) is 4.79 Å². The molecule has 0 saturated carbocycles. The van der Waals surface area contributed by atoms with Gasteiger partial charge in [-0.1, -0.05) is 18.2 Å². The molecule has 0 spiro atoms. The van der Waals surface area contributed by atoms with Gasteiger partial charge in [-0.25, -0.2) is 18.1 Å². The van der Waals surface area contributed by atoms with E-state index in [0.29, 0.717) is 11.1 Å². The second-order valence-electron chi connectivity index (χ2n) is 7.38. The van der Waals surface area contributed by atoms with Gasteiger partial charge < -0.3 is 10.0 Å². The van der Waals surface area contributed by atoms with Crippen LogP contribution >= 0.6 is 0 Å². The molecule has 0 saturated heterocycles. The molecule has 1 atom stereocenters. The number of carbonyl (C=O) groups excluding carboxylic acids is 1. The van der Waals surface area contributed by atoms with Crippen molar-refractivity contribution in [1.82, 2.24) is 14.5 Å². The number of aromatic carboxylic acids is 1. The van der Waals surface area contributed by atoms with Crippen LogP contribution in [0.4, 0.5) is 8.78 Å². The maximum atomic E-state index is 14.5. The van der Waals surface area contributed by atoms with Crippen molar-refractivity contribution in [2.75, 3.05) is 0 Å². The highest BCUT2D eigenvalue weighted by molar-refractivity contribution is 5.94. The Balaban J connectivity index is 1.76. The van der Waals surface area contributed by atoms with Crippen molar-refractivity contribution in [2.45, 2.75) is 19.5 Å². The van der Waals surface area contributed by atoms with Gasteiger partial charge in [-0.05, 0) is 61.0 Å². The van der Waals surface area contributed by atoms with E-state index in [0.717, 1.165) is 18.2 Å². The van der Waals surface area contributed by atoms with Crippen molar-refractivity contribution in [3.05, 3.63) is 107 Å². The van der Waals surface area contributed by atoms with Crippen LogP contribution in [0.2, 0.25) is 0 Å². The number of hydrogen-bond acceptors (Lipinski definition) is 3. The zero-order valence-corrected chi connectivity index (χ0v) is 17.1. The molecule has 1 unspecified atom stereocenters. The van der Waals surface area contributed by atoms with Crippen LogP contribution in [0.5, 0.6) is 0 Å². The lowest BCUT2D eigenvalue weighted by Gasteiger charge is -2.29. The van der Waals surface area contributed by atoms with Gasteiger partial charge in [0.15, 0.2) is 5.69 Å². The maximum absolute atomic E-state index is 14.5. The van der Waals surface area contributed by atoms with Gasteiger partial charge in [-0.15, -0.1) is 0 Å². The van der Waals surface area contributed by atoms with E-state index in [9.17, 15) is 23.5 Å². The average Bonchev–Trinajstić information content (AvgIpc) is 3.23. The second-order valence-corrected chi connectivity index (χ2v) is 7.38. The molecule has 0 bridgehead atoms. The largest absolute Gasteiger partial charge is 0.478 e. The molecule has 1 amide bonds. The van der Waals surface area contributed by atoms with Gasteiger partial charge in [0.05, 0.1) is 17.1 Å². The number of hydrogen-bond donors (Lipinski definition) is 1. The lowest BCUT2D eigenvalue weighted by atomic mass is 10.0. The Bertz CT molecular complexity index is 1290. The van der Waals surface area contributed by atoms with Gasteiger partial charge in [-0.2, -0.15) is 5.10 Å². The van der Waals surface area contributed by atoms with Crippen LogP contribution < -0.4 is 0 Å². The van der Waals surface area contributed by atoms with Crippen molar-refractivity contribution in [1.29, 1.82) is 0 Å². The quantitative estimate of drug-likeness (QED) is 0.476. The number of carboxylic acid groups (broad SMARTS) is 1. The van der Waals surface area contributed by atoms with Gasteiger partial charge in [0.2, 0.25) is 0 Å². The molecule has 32 heavy (non-hydrogen) atoms. The first-order valence-corrected chi connectivity index (χ1v) is 9.86. The molecule has 2 aromatic heterocycles. The number of amides is 1. The molecule has 4 aromatic rings. The summed E-state index contributed by atoms with van der Waals surface area (Å²) in [5, 5.41) is 13.6. The van der Waals surface area contributed by atoms with Crippen molar-refractivity contribution in [3.63, 3.8) is 0 Å². The number of carboxylic acids is 1. The minimum Gasteiger partial charge on any atom is -0.478 e. The summed E-state index contributed by atoms with van der Waals surface area (Å²) in [4.78, 5) is 26.2. The van der Waals surface area contributed by atoms with E-state index < -0.39 is 29.6 Å². The highest BCUT2D eigenvalue weighted by Gasteiger charge is 2.27. The first-order valence-electron chi connectivity index (χ1n) is 9.86. The number of pyridine rings is 1. The molecule has 0 aliphatic carbocycles. The van der Waals surface area contributed by atoms with Crippen LogP contribution in [-0.4, -0.2) is 31.5 Å². The fourth-order valence-electron chi connectivity index (χ4n) is 3.58. The number of halogens is 2. The molecular weight excluding hydrogens is 416 g/mol. The highest BCUT2D eigenvalue weighted by Crippen LogP contribution is 2.27. The summed E-state index contributed by atoms with van der Waals surface area (Å²) in [5.74, 6) is -2.87. The van der Waals surface area contributed by atoms with Crippen LogP contribution in [0, 0.1) is 11.6 Å². The van der Waals surface area contributed by atoms with E-state index in [1.165, 1.54) is 17.0 Å². The normalized spacial score (nSPS) is 12.0. The zero-order chi connectivity index (χ0) is 22.8. The number of nitrogens with zero attached hydrogens (tertiary/aromatic N) is 3. The van der Waals surface area contributed by atoms with Crippen LogP contribution in [0.25, 0.3) is 5.52 Å². The van der Waals surface area contributed by atoms with E-state index in [2.05, 4.69) is 5.10 Å². The van der Waals surface area contributed by atoms with Gasteiger partial charge in [0, 0.05) is 18.3 Å². The maximum Gasteiger partial charge on any atom is 0.335 e. The predicted octanol–water partition coefficient (Wildman–Crippen LogP) is 4.71. The minimum atomic E-state index is -1.10. The van der Waals surface area contributed by atoms with Crippen molar-refractivity contribution >= 4 is 17.4 Å². The summed E-state index contributed by atoms with van der Waals surface area (Å²) in [6.07, 6.45) is 1.70. The average molecular weight is 435 g/mol. The highest BCUT2D eigenvalue weighted by atomic mass is 19.1. The lowest BCUT2D eigenvalue weighted by molar-refractivity contribution is 0.0664. The van der Waals surface area contributed by atoms with Crippen LogP contribution in [-0.2, 0) is 6.54 Å². The molecule has 162 valence electrons. The molecule has 2 aromatic carbocycles. The third-order valence-corrected chi connectivity index (χ3v) is 5.25. The summed E-state index contributed by atoms with van der Waals surface area (Å²) in [6.45, 7) is 1.57. The minimum absolute atomic E-state index is 0.0107. The van der Waals surface area contributed by atoms with Gasteiger partial charge in [0.1, 0.15) is 11.6 Å². The molecule has 0 fully saturated rings. The Morgan fingerprint density at radius 3 is 2.62 bits per heavy atom. The van der Waals surface area contributed by atoms with E-state index in [1.54, 1.807) is 48.0 Å². The van der Waals surface area contributed by atoms with Gasteiger partial charge in [0.25, 0.3) is 5.91 Å². The van der Waals surface area contributed by atoms with Crippen LogP contribution in [0.1, 0.15) is 44.9 Å². The number of carbonyl (C=O) groups is 2. The van der Waals surface area contributed by atoms with Crippen LogP contribution in [0.15, 0.2) is 72.9 Å². The molecule has 1 N–H and O–H groups in total. The van der Waals surface area contributed by atoms with Crippen molar-refractivity contribution in [3.8, 4) is 0 Å². The molecule has 4 rings (SSSR count). The Labute approximate surface area is 182 Å². The van der Waals surface area contributed by atoms with Crippen molar-refractivity contribution in [2.24, 2.45) is 0 Å². The van der Waals surface area contributed by atoms with E-state index in [1.807, 2.05) is 6.07 Å². The number of rotatable bonds is 6. The molecule has 2 heterocycles. The fraction of sp³-hybridized carbons (Fsp3) is 0.125. The van der Waals surface area contributed by atoms with E-state index in [4.69, 9.17) is 0 Å². The summed E-state index contributed by atoms with van der Waals surface area (Å²) in [5.41, 5.74) is 1.44.